The zero-order valence-electron chi connectivity index (χ0n) is 50.4. The number of benzene rings is 4. The summed E-state index contributed by atoms with van der Waals surface area (Å²) >= 11 is 0. The van der Waals surface area contributed by atoms with Crippen LogP contribution in [0.15, 0.2) is 79.0 Å². The molecule has 24 nitrogen and oxygen atoms in total. The van der Waals surface area contributed by atoms with Crippen molar-refractivity contribution in [2.24, 2.45) is 5.92 Å². The summed E-state index contributed by atoms with van der Waals surface area (Å²) in [6, 6.07) is 19.4. The van der Waals surface area contributed by atoms with Crippen LogP contribution in [0.25, 0.3) is 0 Å². The van der Waals surface area contributed by atoms with Crippen molar-refractivity contribution >= 4 is 47.1 Å². The van der Waals surface area contributed by atoms with Gasteiger partial charge in [0.1, 0.15) is 42.8 Å². The highest BCUT2D eigenvalue weighted by molar-refractivity contribution is 6.26. The maximum absolute atomic E-state index is 15.2. The number of hydrogen-bond acceptors (Lipinski definition) is 19. The van der Waals surface area contributed by atoms with Gasteiger partial charge in [-0.3, -0.25) is 39.0 Å². The summed E-state index contributed by atoms with van der Waals surface area (Å²) in [5, 5.41) is 13.3. The number of imide groups is 2. The molecule has 2 unspecified atom stereocenters. The molecule has 3 aliphatic heterocycles. The minimum Gasteiger partial charge on any atom is -0.493 e. The van der Waals surface area contributed by atoms with Gasteiger partial charge in [0.25, 0.3) is 11.8 Å². The summed E-state index contributed by atoms with van der Waals surface area (Å²) in [7, 11) is 7.85. The minimum atomic E-state index is -1.13. The summed E-state index contributed by atoms with van der Waals surface area (Å²) in [6.45, 7) is 1.70. The molecule has 6 amide bonds. The normalized spacial score (nSPS) is 17.6. The number of piperidine rings is 2. The lowest BCUT2D eigenvalue weighted by Crippen LogP contribution is -2.54. The number of esters is 1. The fourth-order valence-corrected chi connectivity index (χ4v) is 11.9. The van der Waals surface area contributed by atoms with E-state index in [9.17, 15) is 28.8 Å². The molecule has 0 radical (unpaired) electrons. The second-order valence-electron chi connectivity index (χ2n) is 21.9. The highest BCUT2D eigenvalue weighted by Gasteiger charge is 2.46. The number of nitrogens with one attached hydrogen (secondary N) is 2. The highest BCUT2D eigenvalue weighted by Crippen LogP contribution is 2.45. The molecule has 1 aromatic heterocycles. The number of aromatic nitrogens is 3. The van der Waals surface area contributed by atoms with E-state index < -0.39 is 59.6 Å². The van der Waals surface area contributed by atoms with Crippen molar-refractivity contribution in [3.05, 3.63) is 113 Å². The number of likely N-dealkylation sites (tertiary alicyclic amines) is 1. The van der Waals surface area contributed by atoms with E-state index in [4.69, 9.17) is 47.4 Å². The van der Waals surface area contributed by atoms with Gasteiger partial charge in [0.15, 0.2) is 23.0 Å². The first-order chi connectivity index (χ1) is 42.8. The highest BCUT2D eigenvalue weighted by atomic mass is 16.6. The number of nitrogens with zero attached hydrogens (tertiary/aromatic N) is 5. The van der Waals surface area contributed by atoms with E-state index in [0.717, 1.165) is 61.0 Å². The van der Waals surface area contributed by atoms with Crippen molar-refractivity contribution in [3.8, 4) is 34.5 Å². The summed E-state index contributed by atoms with van der Waals surface area (Å²) < 4.78 is 59.5. The summed E-state index contributed by atoms with van der Waals surface area (Å²) in [5.41, 5.74) is 3.11. The number of anilines is 1. The Morgan fingerprint density at radius 2 is 1.42 bits per heavy atom. The van der Waals surface area contributed by atoms with Crippen LogP contribution < -0.4 is 39.1 Å². The van der Waals surface area contributed by atoms with Gasteiger partial charge in [-0.05, 0) is 123 Å². The van der Waals surface area contributed by atoms with Gasteiger partial charge < -0.3 is 57.6 Å². The van der Waals surface area contributed by atoms with Crippen LogP contribution in [0.1, 0.15) is 126 Å². The van der Waals surface area contributed by atoms with E-state index in [-0.39, 0.29) is 81.1 Å². The molecule has 1 aliphatic carbocycles. The van der Waals surface area contributed by atoms with Crippen LogP contribution in [0.4, 0.5) is 5.69 Å². The van der Waals surface area contributed by atoms with Crippen LogP contribution in [-0.2, 0) is 62.5 Å². The molecule has 2 N–H and O–H groups in total. The Hall–Kier alpha value is -8.61. The average Bonchev–Trinajstić information content (AvgIpc) is 1.78. The van der Waals surface area contributed by atoms with E-state index in [2.05, 4.69) is 20.9 Å². The topological polar surface area (TPSA) is 273 Å². The van der Waals surface area contributed by atoms with Crippen molar-refractivity contribution in [2.75, 3.05) is 87.1 Å². The van der Waals surface area contributed by atoms with Gasteiger partial charge >= 0.3 is 5.97 Å². The number of carbonyl (C=O) groups excluding carboxylic acids is 7. The number of ether oxygens (including phenoxy) is 10. The molecule has 2 saturated heterocycles. The maximum atomic E-state index is 15.2. The predicted octanol–water partition coefficient (Wildman–Crippen LogP) is 6.95. The molecule has 4 aliphatic rings. The van der Waals surface area contributed by atoms with Crippen molar-refractivity contribution < 1.29 is 80.9 Å². The van der Waals surface area contributed by atoms with E-state index in [1.54, 1.807) is 51.3 Å². The van der Waals surface area contributed by atoms with Crippen LogP contribution in [0, 0.1) is 5.92 Å². The van der Waals surface area contributed by atoms with Crippen LogP contribution in [-0.4, -0.2) is 160 Å². The molecule has 9 rings (SSSR count). The molecular formula is C64H77N7O17. The van der Waals surface area contributed by atoms with E-state index in [1.807, 2.05) is 54.6 Å². The molecule has 4 atom stereocenters. The Labute approximate surface area is 510 Å². The smallest absolute Gasteiger partial charge is 0.329 e. The first-order valence-corrected chi connectivity index (χ1v) is 29.8. The first kappa shape index (κ1) is 63.9. The number of aryl methyl sites for hydroxylation is 1. The van der Waals surface area contributed by atoms with Gasteiger partial charge in [-0.25, -0.2) is 9.48 Å². The fraction of sp³-hybridized carbons (Fsp3) is 0.484. The third-order valence-electron chi connectivity index (χ3n) is 16.3. The SMILES string of the molecule is COc1ccc(CC[C@@H](OC(=O)C2CCCCN2C(=O)[C@H](c2cc(OC)c(OC)c(OC)c2)C2CCCCC2)c2cccc(OCc3cn(CCOCCOCCOCC(=O)Nc4cccc5c4C(=O)N(C4CCC(=O)NC4=O)C5=O)nn3)c2)cc1OC. The van der Waals surface area contributed by atoms with Gasteiger partial charge in [-0.1, -0.05) is 48.7 Å². The monoisotopic (exact) mass is 1220 g/mol. The number of hydrogen-bond donors (Lipinski definition) is 2. The van der Waals surface area contributed by atoms with Gasteiger partial charge in [-0.2, -0.15) is 0 Å². The number of rotatable bonds is 30. The van der Waals surface area contributed by atoms with Gasteiger partial charge in [-0.15, -0.1) is 5.10 Å². The molecule has 5 aromatic rings. The minimum absolute atomic E-state index is 0.0109. The third kappa shape index (κ3) is 15.6. The summed E-state index contributed by atoms with van der Waals surface area (Å²) in [5.74, 6) is -1.18. The Morgan fingerprint density at radius 3 is 2.15 bits per heavy atom. The number of fused-ring (bicyclic) bond motifs is 1. The zero-order chi connectivity index (χ0) is 62.1. The number of carbonyl (C=O) groups is 7. The quantitative estimate of drug-likeness (QED) is 0.0267. The third-order valence-corrected chi connectivity index (χ3v) is 16.3. The predicted molar refractivity (Wildman–Crippen MR) is 316 cm³/mol. The lowest BCUT2D eigenvalue weighted by molar-refractivity contribution is -0.163. The van der Waals surface area contributed by atoms with Crippen molar-refractivity contribution in [1.29, 1.82) is 0 Å². The fourth-order valence-electron chi connectivity index (χ4n) is 11.9. The van der Waals surface area contributed by atoms with Gasteiger partial charge in [0.2, 0.25) is 29.4 Å². The van der Waals surface area contributed by atoms with Gasteiger partial charge in [0.05, 0.1) is 104 Å². The first-order valence-electron chi connectivity index (χ1n) is 29.8. The molecular weight excluding hydrogens is 1140 g/mol. The van der Waals surface area contributed by atoms with Crippen LogP contribution in [0.5, 0.6) is 34.5 Å². The molecule has 3 fully saturated rings. The number of methoxy groups -OCH3 is 5. The molecule has 470 valence electrons. The lowest BCUT2D eigenvalue weighted by Gasteiger charge is -2.40. The maximum Gasteiger partial charge on any atom is 0.329 e. The Balaban J connectivity index is 0.753. The average molecular weight is 1220 g/mol. The standard InChI is InChI=1S/C64H77N7O17/c1-79-51-24-21-40(33-52(51)80-2)20-23-50(88-64(78)49-19-9-10-26-70(49)62(76)57(41-13-7-6-8-14-41)43-35-53(81-3)59(83-5)54(36-43)82-4)42-15-11-16-45(34-42)87-38-44-37-69(68-67-44)27-28-84-29-30-85-31-32-86-39-56(73)65-47-18-12-17-46-58(47)63(77)71(61(46)75)48-22-25-55(72)66-60(48)74/h11-12,15-18,21,24,33-37,41,48-50,57H,6-10,13-14,19-20,22-23,25-32,38-39H2,1-5H3,(H,65,73)(H,66,72,74)/t48?,49?,50-,57+/m1/s1. The Kier molecular flexibility index (Phi) is 22.4. The van der Waals surface area contributed by atoms with E-state index in [1.165, 1.54) is 18.2 Å². The molecule has 24 heteroatoms. The molecule has 4 heterocycles. The summed E-state index contributed by atoms with van der Waals surface area (Å²) in [6.07, 6.45) is 8.84. The Morgan fingerprint density at radius 1 is 0.705 bits per heavy atom. The molecule has 0 bridgehead atoms. The van der Waals surface area contributed by atoms with E-state index in [0.29, 0.717) is 84.7 Å². The van der Waals surface area contributed by atoms with Crippen LogP contribution in [0.2, 0.25) is 0 Å². The summed E-state index contributed by atoms with van der Waals surface area (Å²) in [4.78, 5) is 96.0. The number of amides is 6. The molecule has 0 spiro atoms. The second-order valence-corrected chi connectivity index (χ2v) is 21.9. The molecule has 1 saturated carbocycles. The van der Waals surface area contributed by atoms with Crippen molar-refractivity contribution in [1.82, 2.24) is 30.1 Å². The van der Waals surface area contributed by atoms with Crippen LogP contribution >= 0.6 is 0 Å². The van der Waals surface area contributed by atoms with Crippen molar-refractivity contribution in [3.63, 3.8) is 0 Å². The Bertz CT molecular complexity index is 3270. The largest absolute Gasteiger partial charge is 0.493 e. The lowest BCUT2D eigenvalue weighted by atomic mass is 9.75. The zero-order valence-corrected chi connectivity index (χ0v) is 50.4. The van der Waals surface area contributed by atoms with Crippen molar-refractivity contribution in [2.45, 2.75) is 114 Å². The van der Waals surface area contributed by atoms with Gasteiger partial charge in [0, 0.05) is 13.0 Å². The molecule has 4 aromatic carbocycles. The van der Waals surface area contributed by atoms with E-state index >= 15 is 4.79 Å². The second kappa shape index (κ2) is 30.8. The van der Waals surface area contributed by atoms with Crippen LogP contribution in [0.3, 0.4) is 0 Å². The molecule has 88 heavy (non-hydrogen) atoms.